The SMILES string of the molecule is CC[C@H](C)[C@H](N)C(=O)N[C@H](C(=O)NCC(=O)N[C@@H](CCCN=C(N)N)C(=O)N1CCC[C@H]1C(=O)N[C@@H](CCCN=C(N)N)C(=O)O)C(C)C. The molecule has 1 saturated heterocycles. The second-order valence-corrected chi connectivity index (χ2v) is 12.5. The van der Waals surface area contributed by atoms with Crippen molar-refractivity contribution in [3.05, 3.63) is 0 Å². The average Bonchev–Trinajstić information content (AvgIpc) is 3.53. The number of aliphatic carboxylic acids is 1. The fourth-order valence-corrected chi connectivity index (χ4v) is 5.11. The fourth-order valence-electron chi connectivity index (χ4n) is 5.11. The first kappa shape index (κ1) is 42.3. The van der Waals surface area contributed by atoms with Gasteiger partial charge in [-0.15, -0.1) is 0 Å². The third-order valence-corrected chi connectivity index (χ3v) is 8.21. The third-order valence-electron chi connectivity index (χ3n) is 8.21. The van der Waals surface area contributed by atoms with Crippen LogP contribution in [0.25, 0.3) is 0 Å². The summed E-state index contributed by atoms with van der Waals surface area (Å²) in [5.41, 5.74) is 27.4. The van der Waals surface area contributed by atoms with Gasteiger partial charge in [-0.25, -0.2) is 4.79 Å². The lowest BCUT2D eigenvalue weighted by Crippen LogP contribution is -2.57. The monoisotopic (exact) mass is 696 g/mol. The molecule has 0 unspecified atom stereocenters. The first-order valence-corrected chi connectivity index (χ1v) is 16.6. The van der Waals surface area contributed by atoms with E-state index in [1.54, 1.807) is 13.8 Å². The number of amides is 5. The number of guanidine groups is 2. The molecule has 0 aliphatic carbocycles. The normalized spacial score (nSPS) is 17.1. The van der Waals surface area contributed by atoms with Gasteiger partial charge in [0.1, 0.15) is 24.2 Å². The van der Waals surface area contributed by atoms with Crippen LogP contribution >= 0.6 is 0 Å². The first-order chi connectivity index (χ1) is 23.0. The molecule has 19 heteroatoms. The summed E-state index contributed by atoms with van der Waals surface area (Å²) >= 11 is 0. The molecule has 1 fully saturated rings. The van der Waals surface area contributed by atoms with Crippen LogP contribution in [0.3, 0.4) is 0 Å². The van der Waals surface area contributed by atoms with Crippen LogP contribution in [0.5, 0.6) is 0 Å². The number of nitrogens with two attached hydrogens (primary N) is 5. The molecule has 19 nitrogen and oxygen atoms in total. The van der Waals surface area contributed by atoms with Gasteiger partial charge in [0.25, 0.3) is 0 Å². The molecular weight excluding hydrogens is 640 g/mol. The molecule has 0 aromatic carbocycles. The molecule has 15 N–H and O–H groups in total. The molecule has 278 valence electrons. The van der Waals surface area contributed by atoms with Crippen molar-refractivity contribution in [1.29, 1.82) is 0 Å². The van der Waals surface area contributed by atoms with Gasteiger partial charge in [-0.3, -0.25) is 34.0 Å². The summed E-state index contributed by atoms with van der Waals surface area (Å²) < 4.78 is 0. The Labute approximate surface area is 287 Å². The minimum absolute atomic E-state index is 0.0553. The number of aliphatic imine (C=N–C) groups is 2. The molecule has 49 heavy (non-hydrogen) atoms. The van der Waals surface area contributed by atoms with Crippen LogP contribution in [0.4, 0.5) is 0 Å². The number of carbonyl (C=O) groups excluding carboxylic acids is 5. The smallest absolute Gasteiger partial charge is 0.326 e. The maximum Gasteiger partial charge on any atom is 0.326 e. The highest BCUT2D eigenvalue weighted by Gasteiger charge is 2.39. The Morgan fingerprint density at radius 3 is 1.94 bits per heavy atom. The summed E-state index contributed by atoms with van der Waals surface area (Å²) in [6.07, 6.45) is 2.16. The summed E-state index contributed by atoms with van der Waals surface area (Å²) in [4.78, 5) is 86.5. The van der Waals surface area contributed by atoms with Crippen LogP contribution < -0.4 is 49.9 Å². The number of hydrogen-bond acceptors (Lipinski definition) is 9. The van der Waals surface area contributed by atoms with E-state index < -0.39 is 72.3 Å². The Balaban J connectivity index is 3.00. The number of carbonyl (C=O) groups is 6. The lowest BCUT2D eigenvalue weighted by Gasteiger charge is -2.29. The van der Waals surface area contributed by atoms with E-state index in [4.69, 9.17) is 28.7 Å². The predicted molar refractivity (Wildman–Crippen MR) is 183 cm³/mol. The van der Waals surface area contributed by atoms with Crippen molar-refractivity contribution in [2.24, 2.45) is 50.5 Å². The van der Waals surface area contributed by atoms with E-state index in [1.165, 1.54) is 4.90 Å². The molecule has 0 bridgehead atoms. The Morgan fingerprint density at radius 2 is 1.43 bits per heavy atom. The minimum atomic E-state index is -1.25. The zero-order valence-electron chi connectivity index (χ0n) is 28.9. The predicted octanol–water partition coefficient (Wildman–Crippen LogP) is -3.23. The van der Waals surface area contributed by atoms with Crippen LogP contribution in [0.15, 0.2) is 9.98 Å². The number of carboxylic acid groups (broad SMARTS) is 1. The summed E-state index contributed by atoms with van der Waals surface area (Å²) in [6, 6.07) is -5.09. The van der Waals surface area contributed by atoms with Crippen LogP contribution in [-0.2, 0) is 28.8 Å². The quantitative estimate of drug-likeness (QED) is 0.0322. The lowest BCUT2D eigenvalue weighted by atomic mass is 9.97. The zero-order valence-corrected chi connectivity index (χ0v) is 28.9. The number of nitrogens with one attached hydrogen (secondary N) is 4. The van der Waals surface area contributed by atoms with Crippen LogP contribution in [0.1, 0.15) is 72.6 Å². The molecule has 0 radical (unpaired) electrons. The Kier molecular flexibility index (Phi) is 18.4. The van der Waals surface area contributed by atoms with E-state index in [0.717, 1.165) is 0 Å². The number of rotatable bonds is 21. The highest BCUT2D eigenvalue weighted by molar-refractivity contribution is 5.95. The van der Waals surface area contributed by atoms with Crippen molar-refractivity contribution in [2.75, 3.05) is 26.2 Å². The van der Waals surface area contributed by atoms with Gasteiger partial charge in [0.05, 0.1) is 12.6 Å². The van der Waals surface area contributed by atoms with Crippen molar-refractivity contribution in [3.8, 4) is 0 Å². The van der Waals surface area contributed by atoms with Gasteiger partial charge in [0, 0.05) is 19.6 Å². The van der Waals surface area contributed by atoms with Gasteiger partial charge in [-0.05, 0) is 50.4 Å². The highest BCUT2D eigenvalue weighted by atomic mass is 16.4. The minimum Gasteiger partial charge on any atom is -0.480 e. The second kappa shape index (κ2) is 21.3. The van der Waals surface area contributed by atoms with Crippen LogP contribution in [-0.4, -0.2) is 114 Å². The number of carboxylic acids is 1. The van der Waals surface area contributed by atoms with E-state index in [0.29, 0.717) is 25.7 Å². The van der Waals surface area contributed by atoms with Gasteiger partial charge in [0.15, 0.2) is 11.9 Å². The first-order valence-electron chi connectivity index (χ1n) is 16.6. The summed E-state index contributed by atoms with van der Waals surface area (Å²) in [5.74, 6) is -4.94. The molecule has 0 aromatic heterocycles. The van der Waals surface area contributed by atoms with E-state index in [-0.39, 0.29) is 62.7 Å². The molecule has 0 spiro atoms. The highest BCUT2D eigenvalue weighted by Crippen LogP contribution is 2.20. The molecule has 1 aliphatic rings. The maximum atomic E-state index is 13.8. The average molecular weight is 697 g/mol. The van der Waals surface area contributed by atoms with Crippen molar-refractivity contribution in [1.82, 2.24) is 26.2 Å². The van der Waals surface area contributed by atoms with Gasteiger partial charge in [-0.2, -0.15) is 0 Å². The lowest BCUT2D eigenvalue weighted by molar-refractivity contribution is -0.145. The molecule has 1 aliphatic heterocycles. The van der Waals surface area contributed by atoms with Gasteiger partial charge < -0.3 is 59.9 Å². The van der Waals surface area contributed by atoms with E-state index in [9.17, 15) is 33.9 Å². The standard InChI is InChI=1S/C30H56N12O7/c1-5-17(4)22(31)25(45)41-23(16(2)3)26(46)38-15-21(43)39-18(9-6-12-36-29(32)33)27(47)42-14-8-11-20(42)24(44)40-19(28(48)49)10-7-13-37-30(34)35/h16-20,22-23H,5-15,31H2,1-4H3,(H,38,46)(H,39,43)(H,40,44)(H,41,45)(H,48,49)(H4,32,33,36)(H4,34,35,37)/t17-,18-,19-,20-,22-,23-/m0/s1. The molecule has 0 saturated carbocycles. The van der Waals surface area contributed by atoms with Crippen molar-refractivity contribution >= 4 is 47.4 Å². The molecular formula is C30H56N12O7. The van der Waals surface area contributed by atoms with Gasteiger partial charge >= 0.3 is 5.97 Å². The Morgan fingerprint density at radius 1 is 0.857 bits per heavy atom. The fraction of sp³-hybridized carbons (Fsp3) is 0.733. The topological polar surface area (TPSA) is 329 Å². The Bertz CT molecular complexity index is 1200. The molecule has 1 heterocycles. The molecule has 5 amide bonds. The molecule has 6 atom stereocenters. The third kappa shape index (κ3) is 15.0. The molecule has 1 rings (SSSR count). The second-order valence-electron chi connectivity index (χ2n) is 12.5. The van der Waals surface area contributed by atoms with Gasteiger partial charge in [-0.1, -0.05) is 34.1 Å². The number of hydrogen-bond donors (Lipinski definition) is 10. The van der Waals surface area contributed by atoms with Crippen molar-refractivity contribution in [2.45, 2.75) is 103 Å². The summed E-state index contributed by atoms with van der Waals surface area (Å²) in [5, 5.41) is 19.9. The number of nitrogens with zero attached hydrogens (tertiary/aromatic N) is 3. The largest absolute Gasteiger partial charge is 0.480 e. The van der Waals surface area contributed by atoms with Gasteiger partial charge in [0.2, 0.25) is 29.5 Å². The van der Waals surface area contributed by atoms with Crippen LogP contribution in [0, 0.1) is 11.8 Å². The zero-order chi connectivity index (χ0) is 37.3. The Hall–Kier alpha value is -4.68. The number of likely N-dealkylation sites (tertiary alicyclic amines) is 1. The maximum absolute atomic E-state index is 13.8. The van der Waals surface area contributed by atoms with E-state index in [2.05, 4.69) is 31.3 Å². The van der Waals surface area contributed by atoms with E-state index in [1.807, 2.05) is 13.8 Å². The summed E-state index contributed by atoms with van der Waals surface area (Å²) in [7, 11) is 0. The van der Waals surface area contributed by atoms with E-state index >= 15 is 0 Å². The van der Waals surface area contributed by atoms with Crippen molar-refractivity contribution in [3.63, 3.8) is 0 Å². The molecule has 0 aromatic rings. The van der Waals surface area contributed by atoms with Crippen molar-refractivity contribution < 1.29 is 33.9 Å². The van der Waals surface area contributed by atoms with Crippen LogP contribution in [0.2, 0.25) is 0 Å². The summed E-state index contributed by atoms with van der Waals surface area (Å²) in [6.45, 7) is 7.24.